The SMILES string of the molecule is C[C@@H](CCN)C(=O)N[C@@H]1C(O)[C@H](N)C(O[C@@H]2O[C@H](CN)CCC2N)C(O)[C@@H]1O[C@@H]1OC(CO)[C@H](O)[C@H](N)C1O. The Morgan fingerprint density at radius 1 is 0.923 bits per heavy atom. The van der Waals surface area contributed by atoms with Crippen LogP contribution in [0.1, 0.15) is 26.2 Å². The number of ether oxygens (including phenoxy) is 4. The molecule has 15 atom stereocenters. The number of hydrogen-bond donors (Lipinski definition) is 11. The van der Waals surface area contributed by atoms with Crippen LogP contribution in [-0.2, 0) is 23.7 Å². The predicted molar refractivity (Wildman–Crippen MR) is 135 cm³/mol. The van der Waals surface area contributed by atoms with Crippen molar-refractivity contribution in [2.24, 2.45) is 34.6 Å². The van der Waals surface area contributed by atoms with Gasteiger partial charge in [0, 0.05) is 12.5 Å². The van der Waals surface area contributed by atoms with Crippen molar-refractivity contribution in [1.82, 2.24) is 5.32 Å². The maximum atomic E-state index is 12.9. The molecule has 16 N–H and O–H groups in total. The van der Waals surface area contributed by atoms with Crippen molar-refractivity contribution < 1.29 is 49.3 Å². The Labute approximate surface area is 227 Å². The fourth-order valence-corrected chi connectivity index (χ4v) is 5.16. The molecule has 228 valence electrons. The van der Waals surface area contributed by atoms with Gasteiger partial charge in [-0.25, -0.2) is 0 Å². The number of amides is 1. The molecule has 2 saturated heterocycles. The largest absolute Gasteiger partial charge is 0.394 e. The summed E-state index contributed by atoms with van der Waals surface area (Å²) in [4.78, 5) is 12.9. The van der Waals surface area contributed by atoms with Gasteiger partial charge in [0.15, 0.2) is 12.6 Å². The van der Waals surface area contributed by atoms with Gasteiger partial charge in [-0.15, -0.1) is 0 Å². The smallest absolute Gasteiger partial charge is 0.223 e. The van der Waals surface area contributed by atoms with E-state index in [1.807, 2.05) is 0 Å². The van der Waals surface area contributed by atoms with E-state index in [-0.39, 0.29) is 19.2 Å². The third kappa shape index (κ3) is 7.22. The van der Waals surface area contributed by atoms with Crippen molar-refractivity contribution >= 4 is 5.91 Å². The van der Waals surface area contributed by atoms with Crippen LogP contribution in [-0.4, -0.2) is 137 Å². The van der Waals surface area contributed by atoms with Crippen LogP contribution < -0.4 is 34.0 Å². The van der Waals surface area contributed by atoms with Crippen molar-refractivity contribution in [3.63, 3.8) is 0 Å². The molecule has 0 aromatic carbocycles. The average Bonchev–Trinajstić information content (AvgIpc) is 2.92. The quantitative estimate of drug-likeness (QED) is 0.117. The number of aliphatic hydroxyl groups is 5. The van der Waals surface area contributed by atoms with Crippen molar-refractivity contribution in [3.8, 4) is 0 Å². The summed E-state index contributed by atoms with van der Waals surface area (Å²) < 4.78 is 23.2. The Morgan fingerprint density at radius 2 is 1.59 bits per heavy atom. The van der Waals surface area contributed by atoms with E-state index in [9.17, 15) is 30.3 Å². The van der Waals surface area contributed by atoms with Gasteiger partial charge in [-0.05, 0) is 25.8 Å². The summed E-state index contributed by atoms with van der Waals surface area (Å²) in [5.41, 5.74) is 29.7. The number of hydrogen-bond acceptors (Lipinski definition) is 15. The second-order valence-corrected chi connectivity index (χ2v) is 10.7. The van der Waals surface area contributed by atoms with E-state index in [4.69, 9.17) is 47.6 Å². The van der Waals surface area contributed by atoms with Crippen LogP contribution >= 0.6 is 0 Å². The highest BCUT2D eigenvalue weighted by molar-refractivity contribution is 5.78. The number of rotatable bonds is 10. The number of nitrogens with one attached hydrogen (secondary N) is 1. The summed E-state index contributed by atoms with van der Waals surface area (Å²) in [6.07, 6.45) is -11.4. The summed E-state index contributed by atoms with van der Waals surface area (Å²) in [5, 5.41) is 55.7. The van der Waals surface area contributed by atoms with E-state index in [1.165, 1.54) is 0 Å². The first-order valence-electron chi connectivity index (χ1n) is 13.4. The molecule has 0 spiro atoms. The summed E-state index contributed by atoms with van der Waals surface area (Å²) in [6, 6.07) is -4.34. The standard InChI is InChI=1S/C23H46N6O10/c1-8(4-5-24)21(35)29-14-16(32)13(28)19(38-22-10(26)3-2-9(6-25)36-22)18(34)20(14)39-23-17(33)12(27)15(31)11(7-30)37-23/h8-20,22-23,30-34H,2-7,24-28H2,1H3,(H,29,35)/t8-,9-,10?,11?,12-,13-,14+,15-,16?,17?,18?,19?,20+,22-,23-/m0/s1. The van der Waals surface area contributed by atoms with Crippen LogP contribution in [0.5, 0.6) is 0 Å². The summed E-state index contributed by atoms with van der Waals surface area (Å²) >= 11 is 0. The van der Waals surface area contributed by atoms with Gasteiger partial charge in [0.2, 0.25) is 5.91 Å². The third-order valence-corrected chi connectivity index (χ3v) is 7.81. The van der Waals surface area contributed by atoms with E-state index < -0.39 is 97.9 Å². The molecule has 0 aromatic heterocycles. The van der Waals surface area contributed by atoms with Crippen molar-refractivity contribution in [3.05, 3.63) is 0 Å². The van der Waals surface area contributed by atoms with Gasteiger partial charge in [0.05, 0.1) is 43.0 Å². The minimum absolute atomic E-state index is 0.227. The van der Waals surface area contributed by atoms with Crippen molar-refractivity contribution in [1.29, 1.82) is 0 Å². The first kappa shape index (κ1) is 32.4. The molecule has 1 saturated carbocycles. The molecule has 6 unspecified atom stereocenters. The molecule has 3 fully saturated rings. The summed E-state index contributed by atoms with van der Waals surface area (Å²) in [7, 11) is 0. The minimum Gasteiger partial charge on any atom is -0.394 e. The monoisotopic (exact) mass is 566 g/mol. The van der Waals surface area contributed by atoms with Gasteiger partial charge < -0.3 is 78.5 Å². The molecule has 39 heavy (non-hydrogen) atoms. The van der Waals surface area contributed by atoms with Crippen LogP contribution in [0.25, 0.3) is 0 Å². The van der Waals surface area contributed by atoms with E-state index in [0.717, 1.165) is 0 Å². The third-order valence-electron chi connectivity index (χ3n) is 7.81. The highest BCUT2D eigenvalue weighted by Gasteiger charge is 2.54. The Bertz CT molecular complexity index is 786. The maximum Gasteiger partial charge on any atom is 0.223 e. The van der Waals surface area contributed by atoms with Crippen LogP contribution in [0.2, 0.25) is 0 Å². The lowest BCUT2D eigenvalue weighted by molar-refractivity contribution is -0.319. The molecule has 0 aromatic rings. The van der Waals surface area contributed by atoms with Gasteiger partial charge in [0.25, 0.3) is 0 Å². The fourth-order valence-electron chi connectivity index (χ4n) is 5.16. The Balaban J connectivity index is 1.88. The lowest BCUT2D eigenvalue weighted by atomic mass is 9.81. The first-order chi connectivity index (χ1) is 18.4. The topological polar surface area (TPSA) is 297 Å². The zero-order chi connectivity index (χ0) is 29.0. The minimum atomic E-state index is -1.60. The second-order valence-electron chi connectivity index (χ2n) is 10.7. The van der Waals surface area contributed by atoms with Crippen molar-refractivity contribution in [2.75, 3.05) is 19.7 Å². The molecule has 3 aliphatic rings. The Hall–Kier alpha value is -1.09. The van der Waals surface area contributed by atoms with Crippen LogP contribution in [0.15, 0.2) is 0 Å². The van der Waals surface area contributed by atoms with Gasteiger partial charge in [-0.1, -0.05) is 6.92 Å². The number of nitrogens with two attached hydrogens (primary N) is 5. The molecular formula is C23H46N6O10. The molecule has 16 heteroatoms. The van der Waals surface area contributed by atoms with E-state index in [0.29, 0.717) is 19.3 Å². The van der Waals surface area contributed by atoms with E-state index >= 15 is 0 Å². The van der Waals surface area contributed by atoms with Crippen LogP contribution in [0, 0.1) is 5.92 Å². The van der Waals surface area contributed by atoms with Gasteiger partial charge in [0.1, 0.15) is 36.6 Å². The summed E-state index contributed by atoms with van der Waals surface area (Å²) in [5.74, 6) is -1.02. The molecule has 2 aliphatic heterocycles. The molecule has 0 radical (unpaired) electrons. The fraction of sp³-hybridized carbons (Fsp3) is 0.957. The number of carbonyl (C=O) groups is 1. The van der Waals surface area contributed by atoms with Crippen molar-refractivity contribution in [2.45, 2.75) is 112 Å². The highest BCUT2D eigenvalue weighted by Crippen LogP contribution is 2.32. The van der Waals surface area contributed by atoms with Crippen LogP contribution in [0.4, 0.5) is 0 Å². The molecule has 3 rings (SSSR count). The van der Waals surface area contributed by atoms with E-state index in [1.54, 1.807) is 6.92 Å². The zero-order valence-corrected chi connectivity index (χ0v) is 22.1. The van der Waals surface area contributed by atoms with E-state index in [2.05, 4.69) is 5.32 Å². The van der Waals surface area contributed by atoms with Gasteiger partial charge in [-0.3, -0.25) is 4.79 Å². The molecule has 1 amide bonds. The Morgan fingerprint density at radius 3 is 2.21 bits per heavy atom. The lowest BCUT2D eigenvalue weighted by Crippen LogP contribution is -2.74. The first-order valence-corrected chi connectivity index (χ1v) is 13.4. The Kier molecular flexibility index (Phi) is 11.8. The molecular weight excluding hydrogens is 520 g/mol. The van der Waals surface area contributed by atoms with Gasteiger partial charge in [-0.2, -0.15) is 0 Å². The summed E-state index contributed by atoms with van der Waals surface area (Å²) in [6.45, 7) is 1.48. The number of carbonyl (C=O) groups excluding carboxylic acids is 1. The maximum absolute atomic E-state index is 12.9. The zero-order valence-electron chi connectivity index (χ0n) is 22.1. The van der Waals surface area contributed by atoms with Gasteiger partial charge >= 0.3 is 0 Å². The lowest BCUT2D eigenvalue weighted by Gasteiger charge is -2.50. The van der Waals surface area contributed by atoms with Crippen LogP contribution in [0.3, 0.4) is 0 Å². The second kappa shape index (κ2) is 14.2. The molecule has 16 nitrogen and oxygen atoms in total. The predicted octanol–water partition coefficient (Wildman–Crippen LogP) is -6.15. The molecule has 2 heterocycles. The highest BCUT2D eigenvalue weighted by atomic mass is 16.7. The molecule has 1 aliphatic carbocycles. The average molecular weight is 567 g/mol. The molecule has 0 bridgehead atoms. The number of aliphatic hydroxyl groups excluding tert-OH is 5. The normalized spacial score (nSPS) is 46.0.